The summed E-state index contributed by atoms with van der Waals surface area (Å²) in [5.41, 5.74) is -1.04. The van der Waals surface area contributed by atoms with Gasteiger partial charge in [0, 0.05) is 32.7 Å². The fraction of sp³-hybridized carbons (Fsp3) is 0.895. The lowest BCUT2D eigenvalue weighted by Gasteiger charge is -2.34. The summed E-state index contributed by atoms with van der Waals surface area (Å²) in [6.07, 6.45) is 3.93. The Morgan fingerprint density at radius 1 is 1.21 bits per heavy atom. The molecule has 0 saturated carbocycles. The second kappa shape index (κ2) is 10.5. The van der Waals surface area contributed by atoms with E-state index in [4.69, 9.17) is 4.74 Å². The van der Waals surface area contributed by atoms with E-state index >= 15 is 0 Å². The van der Waals surface area contributed by atoms with E-state index in [2.05, 4.69) is 20.9 Å². The van der Waals surface area contributed by atoms with Crippen molar-refractivity contribution in [1.29, 1.82) is 0 Å². The van der Waals surface area contributed by atoms with Gasteiger partial charge in [0.15, 0.2) is 5.96 Å². The Morgan fingerprint density at radius 2 is 1.83 bits per heavy atom. The average molecular weight is 434 g/mol. The van der Waals surface area contributed by atoms with Crippen molar-refractivity contribution in [2.75, 3.05) is 32.9 Å². The van der Waals surface area contributed by atoms with Gasteiger partial charge in [-0.05, 0) is 46.5 Å². The Labute approximate surface area is 176 Å². The van der Waals surface area contributed by atoms with Crippen LogP contribution in [0.15, 0.2) is 4.99 Å². The van der Waals surface area contributed by atoms with Gasteiger partial charge in [-0.2, -0.15) is 4.31 Å². The fourth-order valence-electron chi connectivity index (χ4n) is 3.38. The number of rotatable bonds is 8. The maximum Gasteiger partial charge on any atom is 0.408 e. The Balaban J connectivity index is 2.66. The Bertz CT molecular complexity index is 669. The van der Waals surface area contributed by atoms with Crippen LogP contribution >= 0.6 is 0 Å². The van der Waals surface area contributed by atoms with E-state index in [1.54, 1.807) is 11.4 Å². The van der Waals surface area contributed by atoms with Crippen molar-refractivity contribution in [1.82, 2.24) is 20.3 Å². The van der Waals surface area contributed by atoms with Crippen molar-refractivity contribution in [2.24, 2.45) is 4.99 Å². The summed E-state index contributed by atoms with van der Waals surface area (Å²) < 4.78 is 30.7. The molecule has 0 radical (unpaired) electrons. The van der Waals surface area contributed by atoms with E-state index in [9.17, 15) is 13.2 Å². The Morgan fingerprint density at radius 3 is 2.31 bits per heavy atom. The zero-order valence-electron chi connectivity index (χ0n) is 19.0. The molecule has 1 aliphatic heterocycles. The molecule has 1 saturated heterocycles. The van der Waals surface area contributed by atoms with Crippen molar-refractivity contribution < 1.29 is 17.9 Å². The van der Waals surface area contributed by atoms with E-state index in [1.807, 2.05) is 34.6 Å². The van der Waals surface area contributed by atoms with Crippen LogP contribution in [0.2, 0.25) is 0 Å². The zero-order valence-corrected chi connectivity index (χ0v) is 19.8. The minimum Gasteiger partial charge on any atom is -0.444 e. The highest BCUT2D eigenvalue weighted by Crippen LogP contribution is 2.19. The minimum absolute atomic E-state index is 0.0782. The second-order valence-corrected chi connectivity index (χ2v) is 10.5. The second-order valence-electron chi connectivity index (χ2n) is 8.59. The van der Waals surface area contributed by atoms with Crippen LogP contribution in [0, 0.1) is 0 Å². The number of alkyl carbamates (subject to hydrolysis) is 1. The molecule has 29 heavy (non-hydrogen) atoms. The van der Waals surface area contributed by atoms with Gasteiger partial charge in [-0.1, -0.05) is 13.8 Å². The largest absolute Gasteiger partial charge is 0.444 e. The van der Waals surface area contributed by atoms with Crippen molar-refractivity contribution in [3.05, 3.63) is 0 Å². The molecule has 1 aliphatic rings. The topological polar surface area (TPSA) is 112 Å². The summed E-state index contributed by atoms with van der Waals surface area (Å²) in [6, 6.07) is -0.0782. The molecule has 9 nitrogen and oxygen atoms in total. The van der Waals surface area contributed by atoms with Crippen LogP contribution in [0.5, 0.6) is 0 Å². The summed E-state index contributed by atoms with van der Waals surface area (Å²) in [6.45, 7) is 11.0. The number of nitrogens with one attached hydrogen (secondary N) is 3. The normalized spacial score (nSPS) is 19.1. The molecule has 1 heterocycles. The van der Waals surface area contributed by atoms with Crippen LogP contribution in [-0.2, 0) is 14.8 Å². The first-order valence-electron chi connectivity index (χ1n) is 10.3. The number of guanidine groups is 1. The van der Waals surface area contributed by atoms with Gasteiger partial charge < -0.3 is 20.7 Å². The van der Waals surface area contributed by atoms with Crippen LogP contribution < -0.4 is 16.0 Å². The molecule has 0 spiro atoms. The van der Waals surface area contributed by atoms with Gasteiger partial charge in [0.05, 0.1) is 11.8 Å². The molecule has 3 N–H and O–H groups in total. The van der Waals surface area contributed by atoms with Crippen LogP contribution in [-0.4, -0.2) is 74.9 Å². The van der Waals surface area contributed by atoms with Gasteiger partial charge in [-0.15, -0.1) is 0 Å². The number of amides is 1. The highest BCUT2D eigenvalue weighted by molar-refractivity contribution is 7.88. The average Bonchev–Trinajstić information content (AvgIpc) is 3.08. The predicted octanol–water partition coefficient (Wildman–Crippen LogP) is 1.66. The SMILES string of the molecule is CCC(CC)(CNC(=NC)NC[C@H]1CCCN1S(C)(=O)=O)NC(=O)OC(C)(C)C. The third-order valence-corrected chi connectivity index (χ3v) is 6.52. The third kappa shape index (κ3) is 8.38. The zero-order chi connectivity index (χ0) is 22.3. The summed E-state index contributed by atoms with van der Waals surface area (Å²) in [5.74, 6) is 0.572. The number of sulfonamides is 1. The quantitative estimate of drug-likeness (QED) is 0.396. The van der Waals surface area contributed by atoms with Gasteiger partial charge in [-0.25, -0.2) is 13.2 Å². The number of nitrogens with zero attached hydrogens (tertiary/aromatic N) is 2. The van der Waals surface area contributed by atoms with Crippen molar-refractivity contribution in [2.45, 2.75) is 77.5 Å². The standard InChI is InChI=1S/C19H39N5O4S/c1-8-19(9-2,23-17(25)28-18(3,4)5)14-22-16(20-6)21-13-15-11-10-12-24(15)29(7,26)27/h15H,8-14H2,1-7H3,(H,23,25)(H2,20,21,22)/t15-/m1/s1. The summed E-state index contributed by atoms with van der Waals surface area (Å²) in [4.78, 5) is 16.5. The molecular formula is C19H39N5O4S. The van der Waals surface area contributed by atoms with E-state index in [0.717, 1.165) is 25.7 Å². The lowest BCUT2D eigenvalue weighted by molar-refractivity contribution is 0.0448. The highest BCUT2D eigenvalue weighted by atomic mass is 32.2. The third-order valence-electron chi connectivity index (χ3n) is 5.19. The van der Waals surface area contributed by atoms with E-state index in [-0.39, 0.29) is 6.04 Å². The number of carbonyl (C=O) groups excluding carboxylic acids is 1. The molecule has 0 unspecified atom stereocenters. The summed E-state index contributed by atoms with van der Waals surface area (Å²) in [5, 5.41) is 9.47. The summed E-state index contributed by atoms with van der Waals surface area (Å²) in [7, 11) is -1.54. The van der Waals surface area contributed by atoms with Crippen LogP contribution in [0.3, 0.4) is 0 Å². The van der Waals surface area contributed by atoms with Gasteiger partial charge in [0.2, 0.25) is 10.0 Å². The minimum atomic E-state index is -3.21. The molecule has 0 aromatic heterocycles. The molecule has 10 heteroatoms. The molecule has 1 amide bonds. The van der Waals surface area contributed by atoms with Gasteiger partial charge >= 0.3 is 6.09 Å². The molecule has 0 aromatic rings. The number of aliphatic imine (C=N–C) groups is 1. The first kappa shape index (κ1) is 25.5. The Kier molecular flexibility index (Phi) is 9.20. The maximum atomic E-state index is 12.3. The van der Waals surface area contributed by atoms with Crippen LogP contribution in [0.4, 0.5) is 4.79 Å². The van der Waals surface area contributed by atoms with Crippen molar-refractivity contribution >= 4 is 22.1 Å². The molecular weight excluding hydrogens is 394 g/mol. The molecule has 0 bridgehead atoms. The molecule has 170 valence electrons. The van der Waals surface area contributed by atoms with Crippen LogP contribution in [0.25, 0.3) is 0 Å². The smallest absolute Gasteiger partial charge is 0.408 e. The lowest BCUT2D eigenvalue weighted by Crippen LogP contribution is -2.57. The highest BCUT2D eigenvalue weighted by Gasteiger charge is 2.32. The van der Waals surface area contributed by atoms with E-state index in [0.29, 0.717) is 25.6 Å². The maximum absolute atomic E-state index is 12.3. The number of hydrogen-bond donors (Lipinski definition) is 3. The number of ether oxygens (including phenoxy) is 1. The molecule has 0 aliphatic carbocycles. The molecule has 0 aromatic carbocycles. The van der Waals surface area contributed by atoms with Crippen molar-refractivity contribution in [3.8, 4) is 0 Å². The number of carbonyl (C=O) groups is 1. The van der Waals surface area contributed by atoms with Crippen molar-refractivity contribution in [3.63, 3.8) is 0 Å². The predicted molar refractivity (Wildman–Crippen MR) is 117 cm³/mol. The number of hydrogen-bond acceptors (Lipinski definition) is 5. The van der Waals surface area contributed by atoms with E-state index < -0.39 is 27.3 Å². The first-order chi connectivity index (χ1) is 13.4. The van der Waals surface area contributed by atoms with Gasteiger partial charge in [0.25, 0.3) is 0 Å². The fourth-order valence-corrected chi connectivity index (χ4v) is 4.56. The Hall–Kier alpha value is -1.55. The molecule has 1 fully saturated rings. The van der Waals surface area contributed by atoms with Gasteiger partial charge in [-0.3, -0.25) is 4.99 Å². The first-order valence-corrected chi connectivity index (χ1v) is 12.1. The van der Waals surface area contributed by atoms with Crippen LogP contribution in [0.1, 0.15) is 60.3 Å². The summed E-state index contributed by atoms with van der Waals surface area (Å²) >= 11 is 0. The molecule has 1 atom stereocenters. The lowest BCUT2D eigenvalue weighted by atomic mass is 9.93. The monoisotopic (exact) mass is 433 g/mol. The van der Waals surface area contributed by atoms with Gasteiger partial charge in [0.1, 0.15) is 5.60 Å². The molecule has 1 rings (SSSR count). The van der Waals surface area contributed by atoms with E-state index in [1.165, 1.54) is 6.26 Å².